The number of aryl methyl sites for hydroxylation is 1. The highest BCUT2D eigenvalue weighted by Crippen LogP contribution is 2.14. The van der Waals surface area contributed by atoms with Gasteiger partial charge in [-0.2, -0.15) is 0 Å². The summed E-state index contributed by atoms with van der Waals surface area (Å²) >= 11 is 0. The van der Waals surface area contributed by atoms with Gasteiger partial charge in [0.05, 0.1) is 6.10 Å². The summed E-state index contributed by atoms with van der Waals surface area (Å²) in [7, 11) is 0. The van der Waals surface area contributed by atoms with Gasteiger partial charge in [-0.15, -0.1) is 0 Å². The molecule has 0 spiro atoms. The summed E-state index contributed by atoms with van der Waals surface area (Å²) in [4.78, 5) is 24.8. The smallest absolute Gasteiger partial charge is 0.313 e. The summed E-state index contributed by atoms with van der Waals surface area (Å²) in [5, 5.41) is 11.7. The van der Waals surface area contributed by atoms with Gasteiger partial charge in [-0.25, -0.2) is 4.39 Å². The lowest BCUT2D eigenvalue weighted by molar-refractivity contribution is -0.142. The summed E-state index contributed by atoms with van der Waals surface area (Å²) in [5.74, 6) is -2.00. The molecule has 0 bridgehead atoms. The molecule has 19 heavy (non-hydrogen) atoms. The number of carbonyl (C=O) groups is 2. The van der Waals surface area contributed by atoms with Gasteiger partial charge < -0.3 is 15.3 Å². The number of rotatable bonds is 1. The number of hydrogen-bond donors (Lipinski definition) is 2. The number of anilines is 1. The molecule has 0 aromatic heterocycles. The molecule has 1 fully saturated rings. The summed E-state index contributed by atoms with van der Waals surface area (Å²) in [6.07, 6.45) is -0.105. The number of aliphatic hydroxyl groups is 1. The number of hydrogen-bond acceptors (Lipinski definition) is 3. The molecule has 1 aliphatic heterocycles. The van der Waals surface area contributed by atoms with Crippen LogP contribution in [0.15, 0.2) is 18.2 Å². The van der Waals surface area contributed by atoms with E-state index in [2.05, 4.69) is 5.32 Å². The predicted octanol–water partition coefficient (Wildman–Crippen LogP) is 0.666. The second kappa shape index (κ2) is 5.36. The van der Waals surface area contributed by atoms with Crippen LogP contribution in [0.25, 0.3) is 0 Å². The number of nitrogens with one attached hydrogen (secondary N) is 1. The molecular formula is C13H15FN2O3. The third-order valence-corrected chi connectivity index (χ3v) is 2.94. The Hall–Kier alpha value is -1.95. The number of β-amino-alcohol motifs (C(OH)–C–C–N with tert-alkyl or cyclic N) is 1. The van der Waals surface area contributed by atoms with Crippen molar-refractivity contribution in [2.24, 2.45) is 0 Å². The molecule has 0 radical (unpaired) electrons. The lowest BCUT2D eigenvalue weighted by atomic mass is 10.2. The van der Waals surface area contributed by atoms with Crippen LogP contribution in [0.2, 0.25) is 0 Å². The SMILES string of the molecule is Cc1cc(F)cc(NC(=O)C(=O)N2CC[C@@H](O)C2)c1. The van der Waals surface area contributed by atoms with E-state index < -0.39 is 23.7 Å². The van der Waals surface area contributed by atoms with Crippen molar-refractivity contribution >= 4 is 17.5 Å². The van der Waals surface area contributed by atoms with E-state index in [0.29, 0.717) is 18.5 Å². The Labute approximate surface area is 110 Å². The highest BCUT2D eigenvalue weighted by atomic mass is 19.1. The van der Waals surface area contributed by atoms with Crippen LogP contribution in [0.3, 0.4) is 0 Å². The van der Waals surface area contributed by atoms with Gasteiger partial charge in [0.2, 0.25) is 0 Å². The molecule has 1 aliphatic rings. The Morgan fingerprint density at radius 1 is 1.42 bits per heavy atom. The van der Waals surface area contributed by atoms with Gasteiger partial charge in [-0.05, 0) is 37.1 Å². The highest BCUT2D eigenvalue weighted by molar-refractivity contribution is 6.39. The molecule has 1 aromatic rings. The van der Waals surface area contributed by atoms with Gasteiger partial charge in [0, 0.05) is 18.8 Å². The lowest BCUT2D eigenvalue weighted by Crippen LogP contribution is -2.38. The number of carbonyl (C=O) groups excluding carboxylic acids is 2. The van der Waals surface area contributed by atoms with Crippen molar-refractivity contribution in [3.8, 4) is 0 Å². The van der Waals surface area contributed by atoms with Crippen LogP contribution >= 0.6 is 0 Å². The summed E-state index contributed by atoms with van der Waals surface area (Å²) in [6, 6.07) is 4.05. The van der Waals surface area contributed by atoms with Crippen molar-refractivity contribution < 1.29 is 19.1 Å². The van der Waals surface area contributed by atoms with Crippen molar-refractivity contribution in [2.75, 3.05) is 18.4 Å². The van der Waals surface area contributed by atoms with Crippen LogP contribution in [0.1, 0.15) is 12.0 Å². The Kier molecular flexibility index (Phi) is 3.80. The Morgan fingerprint density at radius 2 is 2.16 bits per heavy atom. The molecule has 0 aliphatic carbocycles. The zero-order chi connectivity index (χ0) is 14.0. The molecule has 1 heterocycles. The molecule has 102 valence electrons. The first kappa shape index (κ1) is 13.5. The minimum atomic E-state index is -0.820. The number of aliphatic hydroxyl groups excluding tert-OH is 1. The van der Waals surface area contributed by atoms with Crippen LogP contribution in [0, 0.1) is 12.7 Å². The third-order valence-electron chi connectivity index (χ3n) is 2.94. The van der Waals surface area contributed by atoms with E-state index in [0.717, 1.165) is 6.07 Å². The summed E-state index contributed by atoms with van der Waals surface area (Å²) < 4.78 is 13.2. The average molecular weight is 266 g/mol. The summed E-state index contributed by atoms with van der Waals surface area (Å²) in [5.41, 5.74) is 0.898. The molecule has 0 saturated carbocycles. The Bertz CT molecular complexity index is 498. The molecule has 0 unspecified atom stereocenters. The molecule has 2 rings (SSSR count). The van der Waals surface area contributed by atoms with Crippen LogP contribution < -0.4 is 5.32 Å². The number of nitrogens with zero attached hydrogens (tertiary/aromatic N) is 1. The van der Waals surface area contributed by atoms with Gasteiger partial charge in [-0.3, -0.25) is 9.59 Å². The third kappa shape index (κ3) is 3.29. The minimum absolute atomic E-state index is 0.161. The fourth-order valence-corrected chi connectivity index (χ4v) is 2.06. The molecule has 5 nitrogen and oxygen atoms in total. The van der Waals surface area contributed by atoms with Gasteiger partial charge in [0.25, 0.3) is 0 Å². The lowest BCUT2D eigenvalue weighted by Gasteiger charge is -2.15. The number of benzene rings is 1. The summed E-state index contributed by atoms with van der Waals surface area (Å²) in [6.45, 7) is 2.21. The van der Waals surface area contributed by atoms with E-state index in [4.69, 9.17) is 0 Å². The van der Waals surface area contributed by atoms with E-state index in [1.54, 1.807) is 13.0 Å². The van der Waals surface area contributed by atoms with Crippen molar-refractivity contribution in [3.63, 3.8) is 0 Å². The Balaban J connectivity index is 2.02. The second-order valence-electron chi connectivity index (χ2n) is 4.67. The first-order valence-corrected chi connectivity index (χ1v) is 6.01. The number of amides is 2. The topological polar surface area (TPSA) is 69.6 Å². The normalized spacial score (nSPS) is 18.5. The maximum absolute atomic E-state index is 13.2. The van der Waals surface area contributed by atoms with Crippen LogP contribution in [0.4, 0.5) is 10.1 Å². The van der Waals surface area contributed by atoms with Crippen LogP contribution in [0.5, 0.6) is 0 Å². The van der Waals surface area contributed by atoms with Crippen molar-refractivity contribution in [1.82, 2.24) is 4.90 Å². The van der Waals surface area contributed by atoms with Crippen LogP contribution in [-0.4, -0.2) is 41.0 Å². The molecule has 6 heteroatoms. The first-order chi connectivity index (χ1) is 8.95. The largest absolute Gasteiger partial charge is 0.391 e. The zero-order valence-corrected chi connectivity index (χ0v) is 10.5. The van der Waals surface area contributed by atoms with Crippen molar-refractivity contribution in [1.29, 1.82) is 0 Å². The molecule has 1 saturated heterocycles. The van der Waals surface area contributed by atoms with Gasteiger partial charge in [-0.1, -0.05) is 0 Å². The fraction of sp³-hybridized carbons (Fsp3) is 0.385. The maximum atomic E-state index is 13.2. The quantitative estimate of drug-likeness (QED) is 0.734. The molecule has 1 atom stereocenters. The van der Waals surface area contributed by atoms with E-state index in [1.807, 2.05) is 0 Å². The zero-order valence-electron chi connectivity index (χ0n) is 10.5. The molecule has 1 aromatic carbocycles. The van der Waals surface area contributed by atoms with Gasteiger partial charge in [0.1, 0.15) is 5.82 Å². The van der Waals surface area contributed by atoms with Gasteiger partial charge in [0.15, 0.2) is 0 Å². The Morgan fingerprint density at radius 3 is 2.74 bits per heavy atom. The van der Waals surface area contributed by atoms with Crippen LogP contribution in [-0.2, 0) is 9.59 Å². The van der Waals surface area contributed by atoms with E-state index in [1.165, 1.54) is 11.0 Å². The van der Waals surface area contributed by atoms with Gasteiger partial charge >= 0.3 is 11.8 Å². The minimum Gasteiger partial charge on any atom is -0.391 e. The van der Waals surface area contributed by atoms with Crippen molar-refractivity contribution in [2.45, 2.75) is 19.4 Å². The van der Waals surface area contributed by atoms with E-state index >= 15 is 0 Å². The standard InChI is InChI=1S/C13H15FN2O3/c1-8-4-9(14)6-10(5-8)15-12(18)13(19)16-3-2-11(17)7-16/h4-6,11,17H,2-3,7H2,1H3,(H,15,18)/t11-/m1/s1. The second-order valence-corrected chi connectivity index (χ2v) is 4.67. The predicted molar refractivity (Wildman–Crippen MR) is 67.0 cm³/mol. The fourth-order valence-electron chi connectivity index (χ4n) is 2.06. The molecule has 2 N–H and O–H groups in total. The molecule has 2 amide bonds. The first-order valence-electron chi connectivity index (χ1n) is 6.01. The van der Waals surface area contributed by atoms with Crippen molar-refractivity contribution in [3.05, 3.63) is 29.6 Å². The highest BCUT2D eigenvalue weighted by Gasteiger charge is 2.28. The number of halogens is 1. The monoisotopic (exact) mass is 266 g/mol. The average Bonchev–Trinajstić information content (AvgIpc) is 2.73. The van der Waals surface area contributed by atoms with E-state index in [9.17, 15) is 19.1 Å². The molecular weight excluding hydrogens is 251 g/mol. The number of likely N-dealkylation sites (tertiary alicyclic amines) is 1. The maximum Gasteiger partial charge on any atom is 0.313 e. The van der Waals surface area contributed by atoms with E-state index in [-0.39, 0.29) is 12.2 Å².